The Kier molecular flexibility index (Phi) is 5.58. The Morgan fingerprint density at radius 1 is 1.11 bits per heavy atom. The summed E-state index contributed by atoms with van der Waals surface area (Å²) in [5.74, 6) is 2.67. The van der Waals surface area contributed by atoms with E-state index in [-0.39, 0.29) is 0 Å². The van der Waals surface area contributed by atoms with Crippen LogP contribution >= 0.6 is 11.8 Å². The number of pyridine rings is 1. The van der Waals surface area contributed by atoms with Gasteiger partial charge in [-0.15, -0.1) is 10.2 Å². The summed E-state index contributed by atoms with van der Waals surface area (Å²) in [6, 6.07) is 20.8. The van der Waals surface area contributed by atoms with Crippen molar-refractivity contribution < 1.29 is 0 Å². The van der Waals surface area contributed by atoms with Crippen molar-refractivity contribution >= 4 is 22.7 Å². The summed E-state index contributed by atoms with van der Waals surface area (Å²) < 4.78 is 2.10. The lowest BCUT2D eigenvalue weighted by atomic mass is 9.94. The number of hydrogen-bond donors (Lipinski definition) is 0. The van der Waals surface area contributed by atoms with E-state index in [1.807, 2.05) is 44.3 Å². The standard InChI is InChI=1S/C28H28N6S/c1-19-7-12-23-24(5-3-6-25(23)30-19)26-31-32-27(33(26)2)35-14-4-13-34-17-22-15-28(22,18-34)21-10-8-20(16-29)9-11-21/h3,5-12,22H,4,13-15,17-18H2,1-2H3/t22-,28+/m0/s1. The second-order valence-corrected chi connectivity index (χ2v) is 10.9. The Labute approximate surface area is 210 Å². The van der Waals surface area contributed by atoms with Gasteiger partial charge in [-0.25, -0.2) is 0 Å². The first kappa shape index (κ1) is 22.3. The minimum atomic E-state index is 0.325. The Hall–Kier alpha value is -3.21. The monoisotopic (exact) mass is 480 g/mol. The highest BCUT2D eigenvalue weighted by Crippen LogP contribution is 2.58. The predicted octanol–water partition coefficient (Wildman–Crippen LogP) is 4.97. The number of piperidine rings is 1. The number of benzene rings is 2. The molecule has 7 heteroatoms. The molecule has 0 bridgehead atoms. The maximum Gasteiger partial charge on any atom is 0.191 e. The molecule has 2 aromatic carbocycles. The molecule has 0 spiro atoms. The van der Waals surface area contributed by atoms with Gasteiger partial charge in [0.1, 0.15) is 0 Å². The number of aromatic nitrogens is 4. The second kappa shape index (κ2) is 8.78. The topological polar surface area (TPSA) is 70.6 Å². The zero-order valence-corrected chi connectivity index (χ0v) is 20.9. The summed E-state index contributed by atoms with van der Waals surface area (Å²) in [5, 5.41) is 20.1. The third-order valence-electron chi connectivity index (χ3n) is 7.60. The third kappa shape index (κ3) is 4.01. The van der Waals surface area contributed by atoms with Gasteiger partial charge in [-0.3, -0.25) is 4.98 Å². The van der Waals surface area contributed by atoms with Gasteiger partial charge < -0.3 is 9.47 Å². The van der Waals surface area contributed by atoms with Crippen LogP contribution in [-0.4, -0.2) is 50.0 Å². The van der Waals surface area contributed by atoms with Gasteiger partial charge in [0.25, 0.3) is 0 Å². The fourth-order valence-corrected chi connectivity index (χ4v) is 6.49. The van der Waals surface area contributed by atoms with Crippen molar-refractivity contribution in [3.05, 3.63) is 71.4 Å². The highest BCUT2D eigenvalue weighted by atomic mass is 32.2. The fourth-order valence-electron chi connectivity index (χ4n) is 5.66. The van der Waals surface area contributed by atoms with Crippen molar-refractivity contribution in [2.45, 2.75) is 30.3 Å². The van der Waals surface area contributed by atoms with Crippen LogP contribution in [0.2, 0.25) is 0 Å². The molecule has 2 aromatic heterocycles. The molecule has 1 saturated carbocycles. The highest BCUT2D eigenvalue weighted by molar-refractivity contribution is 7.99. The lowest BCUT2D eigenvalue weighted by Crippen LogP contribution is -2.27. The molecule has 0 amide bonds. The molecule has 6 rings (SSSR count). The van der Waals surface area contributed by atoms with E-state index in [4.69, 9.17) is 5.26 Å². The van der Waals surface area contributed by atoms with Gasteiger partial charge in [-0.05, 0) is 62.1 Å². The number of thioether (sulfide) groups is 1. The van der Waals surface area contributed by atoms with Crippen LogP contribution in [0.5, 0.6) is 0 Å². The second-order valence-electron chi connectivity index (χ2n) is 9.87. The van der Waals surface area contributed by atoms with Crippen molar-refractivity contribution in [1.29, 1.82) is 5.26 Å². The van der Waals surface area contributed by atoms with E-state index in [2.05, 4.69) is 55.0 Å². The average Bonchev–Trinajstić information content (AvgIpc) is 3.25. The van der Waals surface area contributed by atoms with Gasteiger partial charge in [-0.1, -0.05) is 42.1 Å². The van der Waals surface area contributed by atoms with Gasteiger partial charge in [0, 0.05) is 47.9 Å². The quantitative estimate of drug-likeness (QED) is 0.275. The molecular formula is C28H28N6S. The zero-order chi connectivity index (χ0) is 24.0. The molecule has 1 saturated heterocycles. The van der Waals surface area contributed by atoms with E-state index in [1.165, 1.54) is 18.5 Å². The number of likely N-dealkylation sites (tertiary alicyclic amines) is 1. The van der Waals surface area contributed by atoms with E-state index >= 15 is 0 Å². The van der Waals surface area contributed by atoms with Gasteiger partial charge in [0.2, 0.25) is 0 Å². The maximum absolute atomic E-state index is 9.07. The summed E-state index contributed by atoms with van der Waals surface area (Å²) in [6.07, 6.45) is 2.41. The number of rotatable bonds is 7. The first-order valence-corrected chi connectivity index (χ1v) is 13.2. The van der Waals surface area contributed by atoms with Crippen LogP contribution in [0.1, 0.15) is 29.7 Å². The zero-order valence-electron chi connectivity index (χ0n) is 20.1. The summed E-state index contributed by atoms with van der Waals surface area (Å²) in [6.45, 7) is 5.45. The molecule has 3 heterocycles. The molecular weight excluding hydrogens is 452 g/mol. The highest BCUT2D eigenvalue weighted by Gasteiger charge is 2.60. The van der Waals surface area contributed by atoms with Gasteiger partial charge in [0.05, 0.1) is 17.1 Å². The Morgan fingerprint density at radius 2 is 1.97 bits per heavy atom. The van der Waals surface area contributed by atoms with E-state index in [9.17, 15) is 0 Å². The Bertz CT molecular complexity index is 1440. The molecule has 0 radical (unpaired) electrons. The molecule has 6 nitrogen and oxygen atoms in total. The molecule has 35 heavy (non-hydrogen) atoms. The first-order chi connectivity index (χ1) is 17.1. The molecule has 2 fully saturated rings. The molecule has 0 unspecified atom stereocenters. The van der Waals surface area contributed by atoms with Crippen LogP contribution in [0.15, 0.2) is 59.8 Å². The van der Waals surface area contributed by atoms with E-state index in [0.29, 0.717) is 5.41 Å². The third-order valence-corrected chi connectivity index (χ3v) is 8.71. The summed E-state index contributed by atoms with van der Waals surface area (Å²) >= 11 is 1.78. The number of fused-ring (bicyclic) bond motifs is 2. The SMILES string of the molecule is Cc1ccc2c(-c3nnc(SCCCN4C[C@@H]5C[C@]5(c5ccc(C#N)cc5)C4)n3C)cccc2n1. The minimum Gasteiger partial charge on any atom is -0.305 e. The van der Waals surface area contributed by atoms with E-state index in [0.717, 1.165) is 69.9 Å². The molecule has 176 valence electrons. The van der Waals surface area contributed by atoms with Crippen LogP contribution in [0.4, 0.5) is 0 Å². The maximum atomic E-state index is 9.07. The molecule has 4 aromatic rings. The average molecular weight is 481 g/mol. The van der Waals surface area contributed by atoms with Crippen LogP contribution < -0.4 is 0 Å². The Morgan fingerprint density at radius 3 is 2.80 bits per heavy atom. The summed E-state index contributed by atoms with van der Waals surface area (Å²) in [4.78, 5) is 7.27. The number of aryl methyl sites for hydroxylation is 1. The minimum absolute atomic E-state index is 0.325. The van der Waals surface area contributed by atoms with Crippen molar-refractivity contribution in [1.82, 2.24) is 24.6 Å². The van der Waals surface area contributed by atoms with Gasteiger partial charge in [0.15, 0.2) is 11.0 Å². The van der Waals surface area contributed by atoms with Gasteiger partial charge in [-0.2, -0.15) is 5.26 Å². The summed E-state index contributed by atoms with van der Waals surface area (Å²) in [7, 11) is 2.05. The normalized spacial score (nSPS) is 21.2. The fraction of sp³-hybridized carbons (Fsp3) is 0.357. The van der Waals surface area contributed by atoms with Crippen molar-refractivity contribution in [3.8, 4) is 17.5 Å². The van der Waals surface area contributed by atoms with E-state index in [1.54, 1.807) is 11.8 Å². The van der Waals surface area contributed by atoms with Crippen LogP contribution in [0, 0.1) is 24.2 Å². The molecule has 2 atom stereocenters. The van der Waals surface area contributed by atoms with Crippen LogP contribution in [0.25, 0.3) is 22.3 Å². The lowest BCUT2D eigenvalue weighted by Gasteiger charge is -2.21. The number of nitriles is 1. The predicted molar refractivity (Wildman–Crippen MR) is 139 cm³/mol. The smallest absolute Gasteiger partial charge is 0.191 e. The van der Waals surface area contributed by atoms with Gasteiger partial charge >= 0.3 is 0 Å². The Balaban J connectivity index is 1.06. The first-order valence-electron chi connectivity index (χ1n) is 12.2. The molecule has 0 N–H and O–H groups in total. The molecule has 2 aliphatic rings. The van der Waals surface area contributed by atoms with Crippen molar-refractivity contribution in [2.75, 3.05) is 25.4 Å². The van der Waals surface area contributed by atoms with Crippen molar-refractivity contribution in [2.24, 2.45) is 13.0 Å². The number of hydrogen-bond acceptors (Lipinski definition) is 6. The molecule has 1 aliphatic carbocycles. The lowest BCUT2D eigenvalue weighted by molar-refractivity contribution is 0.299. The van der Waals surface area contributed by atoms with Crippen LogP contribution in [-0.2, 0) is 12.5 Å². The molecule has 1 aliphatic heterocycles. The van der Waals surface area contributed by atoms with Crippen molar-refractivity contribution in [3.63, 3.8) is 0 Å². The number of nitrogens with zero attached hydrogens (tertiary/aromatic N) is 6. The summed E-state index contributed by atoms with van der Waals surface area (Å²) in [5.41, 5.74) is 5.55. The van der Waals surface area contributed by atoms with Crippen LogP contribution in [0.3, 0.4) is 0 Å². The van der Waals surface area contributed by atoms with E-state index < -0.39 is 0 Å². The largest absolute Gasteiger partial charge is 0.305 e.